The summed E-state index contributed by atoms with van der Waals surface area (Å²) in [6.45, 7) is 4.16. The highest BCUT2D eigenvalue weighted by atomic mass is 32.2. The van der Waals surface area contributed by atoms with Gasteiger partial charge < -0.3 is 0 Å². The van der Waals surface area contributed by atoms with Gasteiger partial charge in [0.05, 0.1) is 9.79 Å². The van der Waals surface area contributed by atoms with Crippen LogP contribution < -0.4 is 9.44 Å². The van der Waals surface area contributed by atoms with E-state index in [9.17, 15) is 16.8 Å². The molecule has 1 atom stereocenters. The average molecular weight is 383 g/mol. The lowest BCUT2D eigenvalue weighted by molar-refractivity contribution is 0.588. The van der Waals surface area contributed by atoms with Gasteiger partial charge in [-0.1, -0.05) is 26.0 Å². The zero-order valence-electron chi connectivity index (χ0n) is 14.4. The Balaban J connectivity index is 2.21. The van der Waals surface area contributed by atoms with Crippen LogP contribution in [0.3, 0.4) is 0 Å². The number of nitrogens with one attached hydrogen (secondary N) is 2. The van der Waals surface area contributed by atoms with Crippen LogP contribution in [0.25, 0.3) is 0 Å². The van der Waals surface area contributed by atoms with Gasteiger partial charge in [0.15, 0.2) is 0 Å². The Kier molecular flexibility index (Phi) is 5.87. The van der Waals surface area contributed by atoms with Crippen LogP contribution in [0.1, 0.15) is 31.7 Å². The lowest BCUT2D eigenvalue weighted by Gasteiger charge is -2.12. The minimum Gasteiger partial charge on any atom is -0.280 e. The molecule has 0 spiro atoms. The van der Waals surface area contributed by atoms with E-state index in [1.807, 2.05) is 12.1 Å². The molecule has 8 heteroatoms. The van der Waals surface area contributed by atoms with Crippen LogP contribution in [0, 0.1) is 0 Å². The van der Waals surface area contributed by atoms with E-state index >= 15 is 0 Å². The molecule has 0 unspecified atom stereocenters. The number of hydrogen-bond acceptors (Lipinski definition) is 4. The summed E-state index contributed by atoms with van der Waals surface area (Å²) < 4.78 is 52.9. The molecular formula is C17H22N2O4S2. The summed E-state index contributed by atoms with van der Waals surface area (Å²) in [6, 6.07) is 12.3. The fraction of sp³-hybridized carbons (Fsp3) is 0.294. The van der Waals surface area contributed by atoms with Crippen molar-refractivity contribution in [2.75, 3.05) is 11.8 Å². The Morgan fingerprint density at radius 3 is 1.80 bits per heavy atom. The second-order valence-corrected chi connectivity index (χ2v) is 9.28. The van der Waals surface area contributed by atoms with Gasteiger partial charge in [-0.25, -0.2) is 21.6 Å². The maximum Gasteiger partial charge on any atom is 0.261 e. The second-order valence-electron chi connectivity index (χ2n) is 5.72. The molecule has 2 aromatic carbocycles. The zero-order valence-corrected chi connectivity index (χ0v) is 16.0. The zero-order chi connectivity index (χ0) is 18.7. The first-order valence-electron chi connectivity index (χ1n) is 7.86. The van der Waals surface area contributed by atoms with Crippen molar-refractivity contribution < 1.29 is 16.8 Å². The number of rotatable bonds is 7. The molecule has 0 radical (unpaired) electrons. The third kappa shape index (κ3) is 4.59. The molecular weight excluding hydrogens is 360 g/mol. The molecule has 0 aliphatic heterocycles. The van der Waals surface area contributed by atoms with E-state index in [4.69, 9.17) is 0 Å². The van der Waals surface area contributed by atoms with Crippen LogP contribution >= 0.6 is 0 Å². The van der Waals surface area contributed by atoms with Crippen molar-refractivity contribution in [3.63, 3.8) is 0 Å². The molecule has 6 nitrogen and oxygen atoms in total. The molecule has 0 aliphatic rings. The van der Waals surface area contributed by atoms with Crippen LogP contribution in [0.2, 0.25) is 0 Å². The summed E-state index contributed by atoms with van der Waals surface area (Å²) in [5.74, 6) is 0.367. The van der Waals surface area contributed by atoms with E-state index in [2.05, 4.69) is 23.3 Å². The Morgan fingerprint density at radius 2 is 1.32 bits per heavy atom. The van der Waals surface area contributed by atoms with Crippen molar-refractivity contribution >= 4 is 25.7 Å². The molecule has 0 aromatic heterocycles. The van der Waals surface area contributed by atoms with Crippen molar-refractivity contribution in [2.45, 2.75) is 36.0 Å². The SMILES string of the molecule is CC[C@@H](C)c1ccc(S(=O)(=O)Nc2ccc(S(=O)(=O)NC)cc2)cc1. The lowest BCUT2D eigenvalue weighted by atomic mass is 9.99. The van der Waals surface area contributed by atoms with Gasteiger partial charge in [0.2, 0.25) is 10.0 Å². The molecule has 136 valence electrons. The summed E-state index contributed by atoms with van der Waals surface area (Å²) in [4.78, 5) is 0.224. The largest absolute Gasteiger partial charge is 0.280 e. The topological polar surface area (TPSA) is 92.3 Å². The van der Waals surface area contributed by atoms with Gasteiger partial charge in [-0.05, 0) is 61.3 Å². The first-order chi connectivity index (χ1) is 11.7. The summed E-state index contributed by atoms with van der Waals surface area (Å²) in [7, 11) is -5.97. The number of anilines is 1. The molecule has 0 bridgehead atoms. The summed E-state index contributed by atoms with van der Waals surface area (Å²) in [5, 5.41) is 0. The molecule has 0 amide bonds. The second kappa shape index (κ2) is 7.55. The third-order valence-corrected chi connectivity index (χ3v) is 6.88. The fourth-order valence-electron chi connectivity index (χ4n) is 2.25. The highest BCUT2D eigenvalue weighted by Gasteiger charge is 2.16. The highest BCUT2D eigenvalue weighted by molar-refractivity contribution is 7.92. The van der Waals surface area contributed by atoms with Crippen molar-refractivity contribution in [2.24, 2.45) is 0 Å². The minimum absolute atomic E-state index is 0.0656. The molecule has 2 aromatic rings. The summed E-state index contributed by atoms with van der Waals surface area (Å²) >= 11 is 0. The maximum absolute atomic E-state index is 12.4. The van der Waals surface area contributed by atoms with E-state index in [0.717, 1.165) is 12.0 Å². The smallest absolute Gasteiger partial charge is 0.261 e. The molecule has 2 rings (SSSR count). The molecule has 0 heterocycles. The Labute approximate surface area is 149 Å². The predicted molar refractivity (Wildman–Crippen MR) is 98.6 cm³/mol. The van der Waals surface area contributed by atoms with Gasteiger partial charge >= 0.3 is 0 Å². The van der Waals surface area contributed by atoms with E-state index in [-0.39, 0.29) is 9.79 Å². The molecule has 0 saturated heterocycles. The first-order valence-corrected chi connectivity index (χ1v) is 10.8. The van der Waals surface area contributed by atoms with Gasteiger partial charge in [0.25, 0.3) is 10.0 Å². The third-order valence-electron chi connectivity index (χ3n) is 4.06. The minimum atomic E-state index is -3.73. The van der Waals surface area contributed by atoms with Gasteiger partial charge in [0.1, 0.15) is 0 Å². The average Bonchev–Trinajstić information content (AvgIpc) is 2.61. The van der Waals surface area contributed by atoms with Gasteiger partial charge in [-0.3, -0.25) is 4.72 Å². The van der Waals surface area contributed by atoms with E-state index in [0.29, 0.717) is 11.6 Å². The van der Waals surface area contributed by atoms with E-state index in [1.54, 1.807) is 12.1 Å². The Hall–Kier alpha value is -1.90. The van der Waals surface area contributed by atoms with Crippen molar-refractivity contribution in [1.82, 2.24) is 4.72 Å². The van der Waals surface area contributed by atoms with Crippen LogP contribution in [0.4, 0.5) is 5.69 Å². The fourth-order valence-corrected chi connectivity index (χ4v) is 4.03. The van der Waals surface area contributed by atoms with E-state index in [1.165, 1.54) is 31.3 Å². The highest BCUT2D eigenvalue weighted by Crippen LogP contribution is 2.22. The standard InChI is InChI=1S/C17H22N2O4S2/c1-4-13(2)14-5-9-17(10-6-14)25(22,23)19-15-7-11-16(12-8-15)24(20,21)18-3/h5-13,18-19H,4H2,1-3H3/t13-/m1/s1. The normalized spacial score (nSPS) is 13.4. The van der Waals surface area contributed by atoms with Crippen molar-refractivity contribution in [1.29, 1.82) is 0 Å². The molecule has 0 saturated carbocycles. The number of sulfonamides is 2. The van der Waals surface area contributed by atoms with Crippen molar-refractivity contribution in [3.8, 4) is 0 Å². The summed E-state index contributed by atoms with van der Waals surface area (Å²) in [6.07, 6.45) is 0.978. The number of hydrogen-bond donors (Lipinski definition) is 2. The summed E-state index contributed by atoms with van der Waals surface area (Å²) in [5.41, 5.74) is 1.38. The molecule has 0 aliphatic carbocycles. The monoisotopic (exact) mass is 382 g/mol. The quantitative estimate of drug-likeness (QED) is 0.770. The van der Waals surface area contributed by atoms with Crippen molar-refractivity contribution in [3.05, 3.63) is 54.1 Å². The first kappa shape index (κ1) is 19.4. The Bertz CT molecular complexity index is 920. The van der Waals surface area contributed by atoms with Crippen LogP contribution in [-0.4, -0.2) is 23.9 Å². The van der Waals surface area contributed by atoms with Gasteiger partial charge in [-0.2, -0.15) is 0 Å². The molecule has 0 fully saturated rings. The Morgan fingerprint density at radius 1 is 0.840 bits per heavy atom. The van der Waals surface area contributed by atoms with Gasteiger partial charge in [0, 0.05) is 5.69 Å². The molecule has 2 N–H and O–H groups in total. The van der Waals surface area contributed by atoms with Crippen LogP contribution in [0.5, 0.6) is 0 Å². The van der Waals surface area contributed by atoms with Crippen LogP contribution in [-0.2, 0) is 20.0 Å². The molecule has 25 heavy (non-hydrogen) atoms. The maximum atomic E-state index is 12.4. The van der Waals surface area contributed by atoms with E-state index < -0.39 is 20.0 Å². The van der Waals surface area contributed by atoms with Crippen LogP contribution in [0.15, 0.2) is 58.3 Å². The van der Waals surface area contributed by atoms with Gasteiger partial charge in [-0.15, -0.1) is 0 Å². The lowest BCUT2D eigenvalue weighted by Crippen LogP contribution is -2.18. The number of benzene rings is 2. The predicted octanol–water partition coefficient (Wildman–Crippen LogP) is 2.91.